The Morgan fingerprint density at radius 1 is 1.05 bits per heavy atom. The molecule has 1 fully saturated rings. The lowest BCUT2D eigenvalue weighted by Gasteiger charge is -2.16. The average molecular weight is 630 g/mol. The first-order valence-electron chi connectivity index (χ1n) is 11.8. The number of nitro benzene ring substituents is 2. The fraction of sp³-hybridized carbons (Fsp3) is 0.231. The zero-order valence-corrected chi connectivity index (χ0v) is 23.7. The highest BCUT2D eigenvalue weighted by Gasteiger charge is 2.39. The number of nitro groups is 2. The molecule has 0 bridgehead atoms. The van der Waals surface area contributed by atoms with Gasteiger partial charge in [0.2, 0.25) is 5.91 Å². The number of thioether (sulfide) groups is 1. The number of carbonyl (C=O) groups excluding carboxylic acids is 1. The Balaban J connectivity index is 0.000000267. The molecule has 12 nitrogen and oxygen atoms in total. The van der Waals surface area contributed by atoms with E-state index in [9.17, 15) is 29.8 Å². The molecule has 2 atom stereocenters. The molecule has 0 radical (unpaired) electrons. The van der Waals surface area contributed by atoms with Crippen LogP contribution in [0.25, 0.3) is 0 Å². The topological polar surface area (TPSA) is 169 Å². The van der Waals surface area contributed by atoms with Gasteiger partial charge < -0.3 is 5.11 Å². The summed E-state index contributed by atoms with van der Waals surface area (Å²) < 4.78 is 0. The lowest BCUT2D eigenvalue weighted by Crippen LogP contribution is -2.30. The highest BCUT2D eigenvalue weighted by molar-refractivity contribution is 9.09. The van der Waals surface area contributed by atoms with Crippen molar-refractivity contribution in [3.63, 3.8) is 0 Å². The van der Waals surface area contributed by atoms with E-state index in [1.54, 1.807) is 23.2 Å². The monoisotopic (exact) mass is 629 g/mol. The first kappa shape index (κ1) is 30.4. The smallest absolute Gasteiger partial charge is 0.321 e. The number of aliphatic carboxylic acids is 1. The van der Waals surface area contributed by atoms with Crippen LogP contribution in [0, 0.1) is 20.2 Å². The third-order valence-corrected chi connectivity index (χ3v) is 7.55. The van der Waals surface area contributed by atoms with Gasteiger partial charge in [-0.15, -0.1) is 0 Å². The number of nitrogens with zero attached hydrogens (tertiary/aromatic N) is 5. The molecule has 1 aliphatic heterocycles. The molecule has 0 saturated carbocycles. The molecule has 0 aliphatic carbocycles. The molecule has 2 unspecified atom stereocenters. The van der Waals surface area contributed by atoms with Crippen molar-refractivity contribution in [3.8, 4) is 0 Å². The second kappa shape index (κ2) is 13.8. The molecule has 2 heterocycles. The Hall–Kier alpha value is -4.17. The molecule has 40 heavy (non-hydrogen) atoms. The van der Waals surface area contributed by atoms with E-state index in [4.69, 9.17) is 5.11 Å². The number of rotatable bonds is 8. The highest BCUT2D eigenvalue weighted by atomic mass is 79.9. The fourth-order valence-corrected chi connectivity index (χ4v) is 5.06. The van der Waals surface area contributed by atoms with Crippen LogP contribution >= 0.6 is 27.7 Å². The second-order valence-corrected chi connectivity index (χ2v) is 10.6. The second-order valence-electron chi connectivity index (χ2n) is 8.65. The van der Waals surface area contributed by atoms with E-state index in [2.05, 4.69) is 25.9 Å². The van der Waals surface area contributed by atoms with E-state index in [-0.39, 0.29) is 23.3 Å². The maximum Gasteiger partial charge on any atom is 0.321 e. The summed E-state index contributed by atoms with van der Waals surface area (Å²) in [6.07, 6.45) is 1.69. The predicted molar refractivity (Wildman–Crippen MR) is 153 cm³/mol. The van der Waals surface area contributed by atoms with Crippen molar-refractivity contribution in [1.82, 2.24) is 9.88 Å². The van der Waals surface area contributed by atoms with Gasteiger partial charge in [0, 0.05) is 36.5 Å². The summed E-state index contributed by atoms with van der Waals surface area (Å²) in [5, 5.41) is 29.9. The lowest BCUT2D eigenvalue weighted by atomic mass is 10.1. The summed E-state index contributed by atoms with van der Waals surface area (Å²) in [5.41, 5.74) is 1.93. The quantitative estimate of drug-likeness (QED) is 0.187. The van der Waals surface area contributed by atoms with Crippen molar-refractivity contribution in [3.05, 3.63) is 110 Å². The van der Waals surface area contributed by atoms with Gasteiger partial charge in [-0.2, -0.15) is 0 Å². The fourth-order valence-electron chi connectivity index (χ4n) is 3.46. The zero-order chi connectivity index (χ0) is 29.4. The molecular formula is C26H24BrN5O7S. The minimum absolute atomic E-state index is 0.00519. The number of amidine groups is 1. The normalized spacial score (nSPS) is 16.4. The van der Waals surface area contributed by atoms with E-state index in [0.717, 1.165) is 11.3 Å². The molecule has 3 aromatic rings. The number of aromatic nitrogens is 1. The number of aliphatic imine (C=N–C) groups is 1. The van der Waals surface area contributed by atoms with Crippen molar-refractivity contribution in [2.75, 3.05) is 0 Å². The first-order chi connectivity index (χ1) is 19.0. The minimum atomic E-state index is -1.03. The molecule has 1 amide bonds. The summed E-state index contributed by atoms with van der Waals surface area (Å²) >= 11 is 4.31. The van der Waals surface area contributed by atoms with Crippen molar-refractivity contribution < 1.29 is 24.5 Å². The van der Waals surface area contributed by atoms with Gasteiger partial charge in [0.1, 0.15) is 10.1 Å². The van der Waals surface area contributed by atoms with Crippen molar-refractivity contribution >= 4 is 56.1 Å². The van der Waals surface area contributed by atoms with Crippen LogP contribution < -0.4 is 0 Å². The molecule has 1 aromatic heterocycles. The largest absolute Gasteiger partial charge is 0.480 e. The molecule has 1 saturated heterocycles. The van der Waals surface area contributed by atoms with Crippen LogP contribution in [0.4, 0.5) is 11.4 Å². The highest BCUT2D eigenvalue weighted by Crippen LogP contribution is 2.40. The van der Waals surface area contributed by atoms with Gasteiger partial charge in [-0.25, -0.2) is 0 Å². The van der Waals surface area contributed by atoms with E-state index in [1.807, 2.05) is 32.0 Å². The maximum absolute atomic E-state index is 13.0. The summed E-state index contributed by atoms with van der Waals surface area (Å²) in [4.78, 5) is 53.3. The number of carbonyl (C=O) groups is 2. The number of alkyl halides is 1. The molecule has 0 spiro atoms. The maximum atomic E-state index is 13.0. The Labute approximate surface area is 241 Å². The van der Waals surface area contributed by atoms with Gasteiger partial charge >= 0.3 is 5.97 Å². The Bertz CT molecular complexity index is 1400. The van der Waals surface area contributed by atoms with Gasteiger partial charge in [0.05, 0.1) is 22.1 Å². The Morgan fingerprint density at radius 2 is 1.62 bits per heavy atom. The van der Waals surface area contributed by atoms with Gasteiger partial charge in [-0.05, 0) is 37.1 Å². The number of halogens is 1. The Kier molecular flexibility index (Phi) is 10.4. The van der Waals surface area contributed by atoms with Crippen molar-refractivity contribution in [2.24, 2.45) is 4.99 Å². The van der Waals surface area contributed by atoms with Crippen LogP contribution in [0.2, 0.25) is 0 Å². The van der Waals surface area contributed by atoms with Crippen LogP contribution in [0.5, 0.6) is 0 Å². The summed E-state index contributed by atoms with van der Waals surface area (Å²) in [6.45, 7) is 4.26. The molecule has 1 N–H and O–H groups in total. The van der Waals surface area contributed by atoms with E-state index in [0.29, 0.717) is 17.3 Å². The summed E-state index contributed by atoms with van der Waals surface area (Å²) in [7, 11) is 0. The van der Waals surface area contributed by atoms with Gasteiger partial charge in [-0.1, -0.05) is 58.0 Å². The predicted octanol–water partition coefficient (Wildman–Crippen LogP) is 5.69. The number of carboxylic acid groups (broad SMARTS) is 1. The van der Waals surface area contributed by atoms with Crippen LogP contribution in [-0.2, 0) is 16.1 Å². The Morgan fingerprint density at radius 3 is 2.10 bits per heavy atom. The number of carboxylic acids is 1. The zero-order valence-electron chi connectivity index (χ0n) is 21.3. The van der Waals surface area contributed by atoms with Crippen LogP contribution in [0.1, 0.15) is 40.7 Å². The molecule has 4 rings (SSSR count). The number of benzene rings is 2. The molecular weight excluding hydrogens is 606 g/mol. The molecule has 2 aromatic carbocycles. The number of amides is 1. The van der Waals surface area contributed by atoms with Crippen LogP contribution in [0.3, 0.4) is 0 Å². The molecule has 14 heteroatoms. The van der Waals surface area contributed by atoms with E-state index < -0.39 is 25.9 Å². The number of hydrogen-bond donors (Lipinski definition) is 1. The summed E-state index contributed by atoms with van der Waals surface area (Å²) in [5.74, 6) is -1.12. The van der Waals surface area contributed by atoms with Crippen molar-refractivity contribution in [1.29, 1.82) is 0 Å². The standard InChI is InChI=1S/C18H18N4O3S.C8H6BrNO4/c1-12(2)20-18-21(11-14-5-3-4-10-19-14)17(23)16(26-18)13-6-8-15(9-7-13)22(24)25;9-7(8(11)12)5-1-3-6(4-2-5)10(13)14/h3-10,12,16H,11H2,1-2H3;1-4,7H,(H,11,12). The number of non-ortho nitro benzene ring substituents is 2. The average Bonchev–Trinajstić information content (AvgIpc) is 3.23. The molecule has 208 valence electrons. The van der Waals surface area contributed by atoms with E-state index in [1.165, 1.54) is 48.2 Å². The van der Waals surface area contributed by atoms with Crippen LogP contribution in [0.15, 0.2) is 77.9 Å². The third-order valence-electron chi connectivity index (χ3n) is 5.38. The lowest BCUT2D eigenvalue weighted by molar-refractivity contribution is -0.385. The van der Waals surface area contributed by atoms with Gasteiger partial charge in [0.25, 0.3) is 11.4 Å². The SMILES string of the molecule is CC(C)N=C1SC(c2ccc([N+](=O)[O-])cc2)C(=O)N1Cc1ccccn1.O=C(O)C(Br)c1ccc([N+](=O)[O-])cc1. The molecule has 1 aliphatic rings. The first-order valence-corrected chi connectivity index (χ1v) is 13.6. The van der Waals surface area contributed by atoms with Crippen molar-refractivity contribution in [2.45, 2.75) is 36.5 Å². The van der Waals surface area contributed by atoms with Crippen LogP contribution in [-0.4, -0.2) is 47.9 Å². The van der Waals surface area contributed by atoms with Gasteiger partial charge in [-0.3, -0.25) is 44.7 Å². The minimum Gasteiger partial charge on any atom is -0.480 e. The van der Waals surface area contributed by atoms with E-state index >= 15 is 0 Å². The third kappa shape index (κ3) is 7.93. The number of hydrogen-bond acceptors (Lipinski definition) is 9. The number of pyridine rings is 1. The summed E-state index contributed by atoms with van der Waals surface area (Å²) in [6, 6.07) is 17.1. The van der Waals surface area contributed by atoms with Gasteiger partial charge in [0.15, 0.2) is 5.17 Å².